The molecular formula is C12H9F3N2O3. The summed E-state index contributed by atoms with van der Waals surface area (Å²) in [5, 5.41) is 11.1. The van der Waals surface area contributed by atoms with Gasteiger partial charge >= 0.3 is 12.3 Å². The minimum atomic E-state index is -5.13. The number of ether oxygens (including phenoxy) is 2. The van der Waals surface area contributed by atoms with E-state index in [4.69, 9.17) is 10.00 Å². The SMILES string of the molecule is COc1ccc(N/C=C(/C#N)C(=O)OC(F)(F)F)cc1. The van der Waals surface area contributed by atoms with Gasteiger partial charge in [-0.25, -0.2) is 4.79 Å². The second-order valence-corrected chi connectivity index (χ2v) is 3.38. The van der Waals surface area contributed by atoms with Gasteiger partial charge in [-0.1, -0.05) is 0 Å². The predicted octanol–water partition coefficient (Wildman–Crippen LogP) is 2.58. The molecule has 8 heteroatoms. The summed E-state index contributed by atoms with van der Waals surface area (Å²) in [5.41, 5.74) is -0.350. The van der Waals surface area contributed by atoms with Crippen LogP contribution in [-0.4, -0.2) is 19.4 Å². The Bertz CT molecular complexity index is 545. The molecule has 0 amide bonds. The van der Waals surface area contributed by atoms with Crippen LogP contribution in [0.15, 0.2) is 36.0 Å². The average molecular weight is 286 g/mol. The van der Waals surface area contributed by atoms with E-state index in [0.717, 1.165) is 6.20 Å². The van der Waals surface area contributed by atoms with Crippen molar-refractivity contribution in [3.8, 4) is 11.8 Å². The molecule has 0 saturated heterocycles. The molecule has 0 aliphatic rings. The van der Waals surface area contributed by atoms with E-state index in [1.165, 1.54) is 13.2 Å². The summed E-state index contributed by atoms with van der Waals surface area (Å²) in [6, 6.07) is 7.61. The summed E-state index contributed by atoms with van der Waals surface area (Å²) in [4.78, 5) is 11.0. The van der Waals surface area contributed by atoms with Crippen molar-refractivity contribution in [2.45, 2.75) is 6.36 Å². The van der Waals surface area contributed by atoms with Gasteiger partial charge in [0.2, 0.25) is 0 Å². The molecule has 1 rings (SSSR count). The van der Waals surface area contributed by atoms with Crippen LogP contribution in [0, 0.1) is 11.3 Å². The Morgan fingerprint density at radius 1 is 1.35 bits per heavy atom. The molecule has 1 aromatic rings. The minimum absolute atomic E-state index is 0.457. The number of methoxy groups -OCH3 is 1. The topological polar surface area (TPSA) is 71.3 Å². The van der Waals surface area contributed by atoms with Crippen molar-refractivity contribution in [3.05, 3.63) is 36.0 Å². The van der Waals surface area contributed by atoms with Crippen molar-refractivity contribution in [2.24, 2.45) is 0 Å². The van der Waals surface area contributed by atoms with Crippen molar-refractivity contribution in [1.29, 1.82) is 5.26 Å². The van der Waals surface area contributed by atoms with Gasteiger partial charge in [-0.3, -0.25) is 0 Å². The van der Waals surface area contributed by atoms with Crippen molar-refractivity contribution >= 4 is 11.7 Å². The maximum atomic E-state index is 11.8. The maximum Gasteiger partial charge on any atom is 0.575 e. The van der Waals surface area contributed by atoms with Crippen LogP contribution < -0.4 is 10.1 Å². The minimum Gasteiger partial charge on any atom is -0.497 e. The second kappa shape index (κ2) is 6.47. The molecular weight excluding hydrogens is 277 g/mol. The molecule has 0 bridgehead atoms. The maximum absolute atomic E-state index is 11.8. The number of halogens is 3. The highest BCUT2D eigenvalue weighted by atomic mass is 19.4. The lowest BCUT2D eigenvalue weighted by molar-refractivity contribution is -0.303. The molecule has 0 aliphatic carbocycles. The number of hydrogen-bond acceptors (Lipinski definition) is 5. The first-order chi connectivity index (χ1) is 9.35. The van der Waals surface area contributed by atoms with E-state index in [1.807, 2.05) is 0 Å². The molecule has 0 aliphatic heterocycles. The number of nitrogens with zero attached hydrogens (tertiary/aromatic N) is 1. The average Bonchev–Trinajstić information content (AvgIpc) is 2.38. The van der Waals surface area contributed by atoms with E-state index in [-0.39, 0.29) is 0 Å². The van der Waals surface area contributed by atoms with Crippen LogP contribution in [0.4, 0.5) is 18.9 Å². The van der Waals surface area contributed by atoms with E-state index in [0.29, 0.717) is 11.4 Å². The first-order valence-corrected chi connectivity index (χ1v) is 5.16. The fraction of sp³-hybridized carbons (Fsp3) is 0.167. The third-order valence-electron chi connectivity index (χ3n) is 2.02. The number of anilines is 1. The van der Waals surface area contributed by atoms with E-state index in [2.05, 4.69) is 10.1 Å². The van der Waals surface area contributed by atoms with Crippen molar-refractivity contribution in [3.63, 3.8) is 0 Å². The van der Waals surface area contributed by atoms with Gasteiger partial charge in [0.25, 0.3) is 0 Å². The Kier molecular flexibility index (Phi) is 4.97. The molecule has 0 aromatic heterocycles. The van der Waals surface area contributed by atoms with Crippen LogP contribution in [0.5, 0.6) is 5.75 Å². The Labute approximate surface area is 112 Å². The monoisotopic (exact) mass is 286 g/mol. The second-order valence-electron chi connectivity index (χ2n) is 3.38. The summed E-state index contributed by atoms with van der Waals surface area (Å²) in [7, 11) is 1.48. The molecule has 1 aromatic carbocycles. The summed E-state index contributed by atoms with van der Waals surface area (Å²) in [6.07, 6.45) is -4.30. The number of benzene rings is 1. The molecule has 0 spiro atoms. The van der Waals surface area contributed by atoms with E-state index >= 15 is 0 Å². The lowest BCUT2D eigenvalue weighted by atomic mass is 10.3. The molecule has 0 unspecified atom stereocenters. The fourth-order valence-electron chi connectivity index (χ4n) is 1.14. The van der Waals surface area contributed by atoms with Crippen LogP contribution in [0.2, 0.25) is 0 Å². The summed E-state index contributed by atoms with van der Waals surface area (Å²) in [6.45, 7) is 0. The van der Waals surface area contributed by atoms with Gasteiger partial charge in [0.15, 0.2) is 5.57 Å². The molecule has 1 N–H and O–H groups in total. The van der Waals surface area contributed by atoms with Gasteiger partial charge in [-0.15, -0.1) is 13.2 Å². The van der Waals surface area contributed by atoms with Crippen LogP contribution in [-0.2, 0) is 9.53 Å². The quantitative estimate of drug-likeness (QED) is 0.523. The molecule has 0 atom stereocenters. The van der Waals surface area contributed by atoms with Gasteiger partial charge in [-0.2, -0.15) is 5.26 Å². The third-order valence-corrected chi connectivity index (χ3v) is 2.02. The number of hydrogen-bond donors (Lipinski definition) is 1. The molecule has 20 heavy (non-hydrogen) atoms. The summed E-state index contributed by atoms with van der Waals surface area (Å²) >= 11 is 0. The number of carbonyl (C=O) groups excluding carboxylic acids is 1. The van der Waals surface area contributed by atoms with Crippen molar-refractivity contribution < 1.29 is 27.4 Å². The lowest BCUT2D eigenvalue weighted by Crippen LogP contribution is -2.20. The van der Waals surface area contributed by atoms with Gasteiger partial charge in [0.05, 0.1) is 7.11 Å². The van der Waals surface area contributed by atoms with E-state index in [9.17, 15) is 18.0 Å². The van der Waals surface area contributed by atoms with E-state index < -0.39 is 17.9 Å². The van der Waals surface area contributed by atoms with Crippen molar-refractivity contribution in [1.82, 2.24) is 0 Å². The Balaban J connectivity index is 2.75. The number of nitrogens with one attached hydrogen (secondary N) is 1. The molecule has 0 heterocycles. The number of rotatable bonds is 4. The molecule has 0 radical (unpaired) electrons. The highest BCUT2D eigenvalue weighted by Crippen LogP contribution is 2.19. The smallest absolute Gasteiger partial charge is 0.497 e. The number of carbonyl (C=O) groups is 1. The highest BCUT2D eigenvalue weighted by Gasteiger charge is 2.35. The number of nitriles is 1. The number of alkyl halides is 3. The molecule has 0 fully saturated rings. The Morgan fingerprint density at radius 2 is 1.95 bits per heavy atom. The Morgan fingerprint density at radius 3 is 2.40 bits per heavy atom. The normalized spacial score (nSPS) is 11.4. The van der Waals surface area contributed by atoms with Crippen LogP contribution in [0.3, 0.4) is 0 Å². The third kappa shape index (κ3) is 4.89. The number of esters is 1. The summed E-state index contributed by atoms with van der Waals surface area (Å²) in [5.74, 6) is -1.20. The van der Waals surface area contributed by atoms with Crippen LogP contribution in [0.25, 0.3) is 0 Å². The predicted molar refractivity (Wildman–Crippen MR) is 62.5 cm³/mol. The first kappa shape index (κ1) is 15.4. The van der Waals surface area contributed by atoms with Gasteiger partial charge < -0.3 is 14.8 Å². The van der Waals surface area contributed by atoms with Crippen molar-refractivity contribution in [2.75, 3.05) is 12.4 Å². The zero-order chi connectivity index (χ0) is 15.2. The zero-order valence-electron chi connectivity index (χ0n) is 10.2. The fourth-order valence-corrected chi connectivity index (χ4v) is 1.14. The molecule has 5 nitrogen and oxygen atoms in total. The lowest BCUT2D eigenvalue weighted by Gasteiger charge is -2.07. The van der Waals surface area contributed by atoms with E-state index in [1.54, 1.807) is 24.3 Å². The Hall–Kier alpha value is -2.69. The highest BCUT2D eigenvalue weighted by molar-refractivity contribution is 5.93. The zero-order valence-corrected chi connectivity index (χ0v) is 10.2. The van der Waals surface area contributed by atoms with Gasteiger partial charge in [0.1, 0.15) is 11.8 Å². The van der Waals surface area contributed by atoms with Crippen LogP contribution in [0.1, 0.15) is 0 Å². The van der Waals surface area contributed by atoms with Gasteiger partial charge in [0, 0.05) is 11.9 Å². The molecule has 0 saturated carbocycles. The van der Waals surface area contributed by atoms with Gasteiger partial charge in [-0.05, 0) is 24.3 Å². The first-order valence-electron chi connectivity index (χ1n) is 5.16. The summed E-state index contributed by atoms with van der Waals surface area (Å²) < 4.78 is 43.5. The standard InChI is InChI=1S/C12H9F3N2O3/c1-19-10-4-2-9(3-5-10)17-7-8(6-16)11(18)20-12(13,14)15/h2-5,7,17H,1H3/b8-7-. The molecule has 106 valence electrons. The largest absolute Gasteiger partial charge is 0.575 e. The van der Waals surface area contributed by atoms with Crippen LogP contribution >= 0.6 is 0 Å².